The number of aromatic nitrogens is 2. The Hall–Kier alpha value is -4.19. The lowest BCUT2D eigenvalue weighted by atomic mass is 10.1. The quantitative estimate of drug-likeness (QED) is 0.491. The van der Waals surface area contributed by atoms with Gasteiger partial charge >= 0.3 is 12.3 Å². The molecule has 1 aromatic heterocycles. The van der Waals surface area contributed by atoms with Crippen LogP contribution < -0.4 is 15.1 Å². The van der Waals surface area contributed by atoms with Crippen molar-refractivity contribution in [1.29, 1.82) is 0 Å². The third-order valence-electron chi connectivity index (χ3n) is 6.59. The predicted octanol–water partition coefficient (Wildman–Crippen LogP) is 4.90. The standard InChI is InChI=1S/C27H26F3N5O4/c1-16-15-39-26(37)35(16)25-32-22(17(2)23(33-25)34-10-12-38-13-11-34)18-6-8-21(9-7-18)31-24(36)19-4-3-5-20(14-19)27(28,29)30/h3-9,14,16H,10-13,15H2,1-2H3,(H,31,36). The lowest BCUT2D eigenvalue weighted by molar-refractivity contribution is -0.137. The maximum Gasteiger partial charge on any atom is 0.417 e. The summed E-state index contributed by atoms with van der Waals surface area (Å²) in [7, 11) is 0. The second-order valence-electron chi connectivity index (χ2n) is 9.33. The molecule has 204 valence electrons. The van der Waals surface area contributed by atoms with Gasteiger partial charge in [0.25, 0.3) is 5.91 Å². The molecule has 0 spiro atoms. The van der Waals surface area contributed by atoms with E-state index in [2.05, 4.69) is 10.2 Å². The summed E-state index contributed by atoms with van der Waals surface area (Å²) < 4.78 is 49.8. The lowest BCUT2D eigenvalue weighted by Gasteiger charge is -2.30. The highest BCUT2D eigenvalue weighted by Crippen LogP contribution is 2.33. The van der Waals surface area contributed by atoms with Crippen LogP contribution in [-0.4, -0.2) is 60.9 Å². The maximum absolute atomic E-state index is 13.0. The van der Waals surface area contributed by atoms with Gasteiger partial charge in [-0.3, -0.25) is 4.79 Å². The van der Waals surface area contributed by atoms with Crippen molar-refractivity contribution in [2.45, 2.75) is 26.1 Å². The monoisotopic (exact) mass is 541 g/mol. The lowest BCUT2D eigenvalue weighted by Crippen LogP contribution is -2.38. The number of benzene rings is 2. The molecule has 39 heavy (non-hydrogen) atoms. The van der Waals surface area contributed by atoms with Crippen LogP contribution in [0.3, 0.4) is 0 Å². The van der Waals surface area contributed by atoms with Gasteiger partial charge in [-0.2, -0.15) is 18.2 Å². The van der Waals surface area contributed by atoms with E-state index in [9.17, 15) is 22.8 Å². The fourth-order valence-electron chi connectivity index (χ4n) is 4.51. The number of anilines is 3. The summed E-state index contributed by atoms with van der Waals surface area (Å²) >= 11 is 0. The van der Waals surface area contributed by atoms with Gasteiger partial charge in [-0.05, 0) is 44.2 Å². The van der Waals surface area contributed by atoms with E-state index in [0.29, 0.717) is 49.1 Å². The zero-order chi connectivity index (χ0) is 27.7. The Balaban J connectivity index is 1.44. The van der Waals surface area contributed by atoms with Crippen molar-refractivity contribution in [1.82, 2.24) is 9.97 Å². The van der Waals surface area contributed by atoms with Crippen molar-refractivity contribution >= 4 is 29.5 Å². The molecule has 2 aliphatic rings. The Morgan fingerprint density at radius 3 is 2.44 bits per heavy atom. The van der Waals surface area contributed by atoms with E-state index >= 15 is 0 Å². The van der Waals surface area contributed by atoms with E-state index in [4.69, 9.17) is 19.4 Å². The zero-order valence-corrected chi connectivity index (χ0v) is 21.3. The van der Waals surface area contributed by atoms with E-state index in [1.54, 1.807) is 24.3 Å². The fraction of sp³-hybridized carbons (Fsp3) is 0.333. The van der Waals surface area contributed by atoms with Crippen molar-refractivity contribution in [3.63, 3.8) is 0 Å². The summed E-state index contributed by atoms with van der Waals surface area (Å²) in [5.74, 6) is 0.256. The summed E-state index contributed by atoms with van der Waals surface area (Å²) in [4.78, 5) is 38.0. The Labute approximate surface area is 222 Å². The van der Waals surface area contributed by atoms with Gasteiger partial charge in [0.05, 0.1) is 30.5 Å². The van der Waals surface area contributed by atoms with Crippen LogP contribution in [0.5, 0.6) is 0 Å². The molecule has 2 amide bonds. The molecule has 5 rings (SSSR count). The summed E-state index contributed by atoms with van der Waals surface area (Å²) in [5, 5.41) is 2.63. The van der Waals surface area contributed by atoms with Crippen molar-refractivity contribution < 1.29 is 32.2 Å². The highest BCUT2D eigenvalue weighted by molar-refractivity contribution is 6.04. The van der Waals surface area contributed by atoms with E-state index in [0.717, 1.165) is 17.7 Å². The van der Waals surface area contributed by atoms with Crippen LogP contribution in [0.15, 0.2) is 48.5 Å². The Morgan fingerprint density at radius 2 is 1.79 bits per heavy atom. The second-order valence-corrected chi connectivity index (χ2v) is 9.33. The Kier molecular flexibility index (Phi) is 7.13. The van der Waals surface area contributed by atoms with Gasteiger partial charge in [-0.15, -0.1) is 0 Å². The van der Waals surface area contributed by atoms with Gasteiger partial charge in [0.15, 0.2) is 0 Å². The minimum absolute atomic E-state index is 0.105. The van der Waals surface area contributed by atoms with Gasteiger partial charge < -0.3 is 19.7 Å². The van der Waals surface area contributed by atoms with Crippen molar-refractivity contribution in [2.75, 3.05) is 48.0 Å². The van der Waals surface area contributed by atoms with Gasteiger partial charge in [-0.1, -0.05) is 18.2 Å². The number of hydrogen-bond donors (Lipinski definition) is 1. The molecule has 0 aliphatic carbocycles. The van der Waals surface area contributed by atoms with Gasteiger partial charge in [-0.25, -0.2) is 14.7 Å². The van der Waals surface area contributed by atoms with E-state index in [1.165, 1.54) is 17.0 Å². The average molecular weight is 542 g/mol. The number of alkyl halides is 3. The van der Waals surface area contributed by atoms with Crippen LogP contribution in [0.25, 0.3) is 11.3 Å². The second kappa shape index (κ2) is 10.5. The summed E-state index contributed by atoms with van der Waals surface area (Å²) in [6.45, 7) is 6.36. The molecule has 2 saturated heterocycles. The molecule has 0 radical (unpaired) electrons. The number of carbonyl (C=O) groups is 2. The highest BCUT2D eigenvalue weighted by atomic mass is 19.4. The first-order chi connectivity index (χ1) is 18.6. The first-order valence-corrected chi connectivity index (χ1v) is 12.4. The molecule has 2 aromatic carbocycles. The smallest absolute Gasteiger partial charge is 0.417 e. The molecular formula is C27H26F3N5O4. The number of ether oxygens (including phenoxy) is 2. The van der Waals surface area contributed by atoms with Crippen LogP contribution in [0.1, 0.15) is 28.4 Å². The third kappa shape index (κ3) is 5.51. The minimum Gasteiger partial charge on any atom is -0.447 e. The summed E-state index contributed by atoms with van der Waals surface area (Å²) in [6.07, 6.45) is -5.06. The number of cyclic esters (lactones) is 1. The van der Waals surface area contributed by atoms with E-state index in [-0.39, 0.29) is 24.2 Å². The number of morpholine rings is 1. The number of rotatable bonds is 5. The topological polar surface area (TPSA) is 96.9 Å². The average Bonchev–Trinajstić information content (AvgIpc) is 3.27. The largest absolute Gasteiger partial charge is 0.447 e. The molecule has 1 unspecified atom stereocenters. The number of nitrogens with zero attached hydrogens (tertiary/aromatic N) is 4. The molecule has 2 fully saturated rings. The molecule has 0 bridgehead atoms. The van der Waals surface area contributed by atoms with Crippen LogP contribution in [0.4, 0.5) is 35.4 Å². The molecule has 2 aliphatic heterocycles. The van der Waals surface area contributed by atoms with Crippen molar-refractivity contribution in [2.24, 2.45) is 0 Å². The van der Waals surface area contributed by atoms with E-state index < -0.39 is 23.7 Å². The normalized spacial score (nSPS) is 17.8. The fourth-order valence-corrected chi connectivity index (χ4v) is 4.51. The molecule has 0 saturated carbocycles. The summed E-state index contributed by atoms with van der Waals surface area (Å²) in [6, 6.07) is 10.8. The van der Waals surface area contributed by atoms with Gasteiger partial charge in [0.2, 0.25) is 5.95 Å². The molecule has 3 aromatic rings. The maximum atomic E-state index is 13.0. The van der Waals surface area contributed by atoms with Crippen LogP contribution in [0, 0.1) is 6.92 Å². The molecule has 9 nitrogen and oxygen atoms in total. The number of carbonyl (C=O) groups excluding carboxylic acids is 2. The van der Waals surface area contributed by atoms with E-state index in [1.807, 2.05) is 13.8 Å². The van der Waals surface area contributed by atoms with Crippen LogP contribution >= 0.6 is 0 Å². The molecule has 1 atom stereocenters. The van der Waals surface area contributed by atoms with Gasteiger partial charge in [0, 0.05) is 35.5 Å². The zero-order valence-electron chi connectivity index (χ0n) is 21.3. The number of amides is 2. The third-order valence-corrected chi connectivity index (χ3v) is 6.59. The predicted molar refractivity (Wildman–Crippen MR) is 138 cm³/mol. The summed E-state index contributed by atoms with van der Waals surface area (Å²) in [5.41, 5.74) is 1.52. The Bertz CT molecular complexity index is 1390. The molecular weight excluding hydrogens is 515 g/mol. The van der Waals surface area contributed by atoms with Crippen LogP contribution in [0.2, 0.25) is 0 Å². The first-order valence-electron chi connectivity index (χ1n) is 12.4. The SMILES string of the molecule is Cc1c(-c2ccc(NC(=O)c3cccc(C(F)(F)F)c3)cc2)nc(N2C(=O)OCC2C)nc1N1CCOCC1. The van der Waals surface area contributed by atoms with Crippen molar-refractivity contribution in [3.8, 4) is 11.3 Å². The highest BCUT2D eigenvalue weighted by Gasteiger charge is 2.35. The Morgan fingerprint density at radius 1 is 1.08 bits per heavy atom. The van der Waals surface area contributed by atoms with Crippen LogP contribution in [-0.2, 0) is 15.7 Å². The number of nitrogens with one attached hydrogen (secondary N) is 1. The first kappa shape index (κ1) is 26.4. The van der Waals surface area contributed by atoms with Gasteiger partial charge in [0.1, 0.15) is 12.4 Å². The molecule has 12 heteroatoms. The molecule has 3 heterocycles. The molecule has 1 N–H and O–H groups in total. The minimum atomic E-state index is -4.55. The number of hydrogen-bond acceptors (Lipinski definition) is 7. The van der Waals surface area contributed by atoms with Crippen molar-refractivity contribution in [3.05, 3.63) is 65.2 Å². The number of halogens is 3.